The first kappa shape index (κ1) is 20.8. The van der Waals surface area contributed by atoms with Crippen molar-refractivity contribution in [1.82, 2.24) is 9.97 Å². The highest BCUT2D eigenvalue weighted by Gasteiger charge is 2.17. The Bertz CT molecular complexity index is 1160. The lowest BCUT2D eigenvalue weighted by Gasteiger charge is -2.11. The Labute approximate surface area is 185 Å². The van der Waals surface area contributed by atoms with Crippen LogP contribution in [0.1, 0.15) is 13.8 Å². The molecule has 1 amide bonds. The number of carbonyl (C=O) groups excluding carboxylic acids is 1. The number of amides is 1. The summed E-state index contributed by atoms with van der Waals surface area (Å²) in [7, 11) is 0. The standard InChI is InChI=1S/C24H23N3O3S/c1-3-29-20-13-14-21-22(15-20)27-24(26-21)31-16(2)23(28)25-17-9-11-19(12-10-17)30-18-7-5-4-6-8-18/h4-16H,3H2,1-2H3,(H,25,28)(H,26,27)/t16-/m1/s1. The second kappa shape index (κ2) is 9.57. The molecule has 4 aromatic rings. The fraction of sp³-hybridized carbons (Fsp3) is 0.167. The van der Waals surface area contributed by atoms with Gasteiger partial charge in [-0.15, -0.1) is 0 Å². The normalized spacial score (nSPS) is 11.8. The van der Waals surface area contributed by atoms with Gasteiger partial charge >= 0.3 is 0 Å². The molecule has 1 atom stereocenters. The molecule has 4 rings (SSSR count). The van der Waals surface area contributed by atoms with Gasteiger partial charge in [0.1, 0.15) is 17.2 Å². The molecule has 0 spiro atoms. The van der Waals surface area contributed by atoms with Crippen LogP contribution in [0.5, 0.6) is 17.2 Å². The van der Waals surface area contributed by atoms with Crippen molar-refractivity contribution in [2.24, 2.45) is 0 Å². The largest absolute Gasteiger partial charge is 0.494 e. The number of anilines is 1. The molecule has 31 heavy (non-hydrogen) atoms. The van der Waals surface area contributed by atoms with Crippen LogP contribution < -0.4 is 14.8 Å². The van der Waals surface area contributed by atoms with Crippen molar-refractivity contribution in [2.45, 2.75) is 24.3 Å². The predicted molar refractivity (Wildman–Crippen MR) is 124 cm³/mol. The molecule has 158 valence electrons. The fourth-order valence-electron chi connectivity index (χ4n) is 2.97. The lowest BCUT2D eigenvalue weighted by Crippen LogP contribution is -2.22. The van der Waals surface area contributed by atoms with E-state index in [0.29, 0.717) is 23.2 Å². The van der Waals surface area contributed by atoms with Gasteiger partial charge in [0.2, 0.25) is 5.91 Å². The van der Waals surface area contributed by atoms with Crippen molar-refractivity contribution >= 4 is 34.4 Å². The van der Waals surface area contributed by atoms with Crippen molar-refractivity contribution in [2.75, 3.05) is 11.9 Å². The number of carbonyl (C=O) groups is 1. The van der Waals surface area contributed by atoms with E-state index in [-0.39, 0.29) is 11.2 Å². The third-order valence-corrected chi connectivity index (χ3v) is 5.49. The summed E-state index contributed by atoms with van der Waals surface area (Å²) in [6.45, 7) is 4.41. The van der Waals surface area contributed by atoms with Crippen LogP contribution in [0.25, 0.3) is 11.0 Å². The topological polar surface area (TPSA) is 76.2 Å². The predicted octanol–water partition coefficient (Wildman–Crippen LogP) is 5.87. The van der Waals surface area contributed by atoms with Gasteiger partial charge in [0.15, 0.2) is 5.16 Å². The Hall–Kier alpha value is -3.45. The van der Waals surface area contributed by atoms with Gasteiger partial charge in [-0.1, -0.05) is 30.0 Å². The van der Waals surface area contributed by atoms with Crippen molar-refractivity contribution in [1.29, 1.82) is 0 Å². The Kier molecular flexibility index (Phi) is 6.43. The fourth-order valence-corrected chi connectivity index (χ4v) is 3.79. The highest BCUT2D eigenvalue weighted by molar-refractivity contribution is 8.00. The van der Waals surface area contributed by atoms with Gasteiger partial charge in [-0.05, 0) is 62.4 Å². The van der Waals surface area contributed by atoms with Crippen LogP contribution in [-0.2, 0) is 4.79 Å². The maximum Gasteiger partial charge on any atom is 0.237 e. The first-order valence-corrected chi connectivity index (χ1v) is 10.9. The van der Waals surface area contributed by atoms with Gasteiger partial charge < -0.3 is 19.8 Å². The SMILES string of the molecule is CCOc1ccc2nc(S[C@H](C)C(=O)Nc3ccc(Oc4ccccc4)cc3)[nH]c2c1. The highest BCUT2D eigenvalue weighted by atomic mass is 32.2. The van der Waals surface area contributed by atoms with Crippen molar-refractivity contribution in [3.63, 3.8) is 0 Å². The summed E-state index contributed by atoms with van der Waals surface area (Å²) in [6.07, 6.45) is 0. The summed E-state index contributed by atoms with van der Waals surface area (Å²) in [4.78, 5) is 20.4. The molecule has 1 heterocycles. The van der Waals surface area contributed by atoms with Gasteiger partial charge in [-0.3, -0.25) is 4.79 Å². The van der Waals surface area contributed by atoms with E-state index in [9.17, 15) is 4.79 Å². The van der Waals surface area contributed by atoms with E-state index in [1.54, 1.807) is 0 Å². The van der Waals surface area contributed by atoms with Crippen LogP contribution in [0, 0.1) is 0 Å². The summed E-state index contributed by atoms with van der Waals surface area (Å²) in [6, 6.07) is 22.6. The number of thioether (sulfide) groups is 1. The number of aromatic nitrogens is 2. The molecule has 2 N–H and O–H groups in total. The number of nitrogens with zero attached hydrogens (tertiary/aromatic N) is 1. The van der Waals surface area contributed by atoms with Crippen molar-refractivity contribution < 1.29 is 14.3 Å². The molecule has 3 aromatic carbocycles. The van der Waals surface area contributed by atoms with Crippen molar-refractivity contribution in [3.8, 4) is 17.2 Å². The smallest absolute Gasteiger partial charge is 0.237 e. The molecule has 0 saturated heterocycles. The third kappa shape index (κ3) is 5.38. The average molecular weight is 434 g/mol. The number of aromatic amines is 1. The van der Waals surface area contributed by atoms with E-state index in [0.717, 1.165) is 22.5 Å². The van der Waals surface area contributed by atoms with Gasteiger partial charge in [-0.2, -0.15) is 0 Å². The summed E-state index contributed by atoms with van der Waals surface area (Å²) >= 11 is 1.38. The average Bonchev–Trinajstić information content (AvgIpc) is 3.17. The summed E-state index contributed by atoms with van der Waals surface area (Å²) in [5.74, 6) is 2.17. The number of fused-ring (bicyclic) bond motifs is 1. The Morgan fingerprint density at radius 2 is 1.74 bits per heavy atom. The summed E-state index contributed by atoms with van der Waals surface area (Å²) in [5.41, 5.74) is 2.44. The van der Waals surface area contributed by atoms with E-state index in [2.05, 4.69) is 15.3 Å². The van der Waals surface area contributed by atoms with Gasteiger partial charge in [-0.25, -0.2) is 4.98 Å². The Morgan fingerprint density at radius 3 is 2.48 bits per heavy atom. The molecular formula is C24H23N3O3S. The lowest BCUT2D eigenvalue weighted by atomic mass is 10.3. The molecule has 7 heteroatoms. The number of hydrogen-bond acceptors (Lipinski definition) is 5. The first-order valence-electron chi connectivity index (χ1n) is 10.0. The second-order valence-electron chi connectivity index (χ2n) is 6.84. The molecule has 6 nitrogen and oxygen atoms in total. The Balaban J connectivity index is 1.35. The molecular weight excluding hydrogens is 410 g/mol. The first-order chi connectivity index (χ1) is 15.1. The van der Waals surface area contributed by atoms with Crippen LogP contribution in [0.3, 0.4) is 0 Å². The van der Waals surface area contributed by atoms with Gasteiger partial charge in [0.05, 0.1) is 22.9 Å². The summed E-state index contributed by atoms with van der Waals surface area (Å²) < 4.78 is 11.3. The van der Waals surface area contributed by atoms with Crippen molar-refractivity contribution in [3.05, 3.63) is 72.8 Å². The number of benzene rings is 3. The van der Waals surface area contributed by atoms with Crippen LogP contribution in [0.15, 0.2) is 78.0 Å². The minimum absolute atomic E-state index is 0.0998. The van der Waals surface area contributed by atoms with E-state index < -0.39 is 0 Å². The molecule has 0 radical (unpaired) electrons. The molecule has 0 unspecified atom stereocenters. The number of para-hydroxylation sites is 1. The minimum Gasteiger partial charge on any atom is -0.494 e. The quantitative estimate of drug-likeness (QED) is 0.340. The Morgan fingerprint density at radius 1 is 1.03 bits per heavy atom. The molecule has 0 fully saturated rings. The monoisotopic (exact) mass is 433 g/mol. The molecule has 0 saturated carbocycles. The van der Waals surface area contributed by atoms with Crippen LogP contribution in [0.4, 0.5) is 5.69 Å². The number of imidazole rings is 1. The minimum atomic E-state index is -0.327. The van der Waals surface area contributed by atoms with E-state index in [1.807, 2.05) is 86.6 Å². The molecule has 0 aliphatic carbocycles. The molecule has 0 bridgehead atoms. The summed E-state index contributed by atoms with van der Waals surface area (Å²) in [5, 5.41) is 3.30. The van der Waals surface area contributed by atoms with E-state index in [4.69, 9.17) is 9.47 Å². The zero-order chi connectivity index (χ0) is 21.6. The van der Waals surface area contributed by atoms with Crippen LogP contribution >= 0.6 is 11.8 Å². The third-order valence-electron chi connectivity index (χ3n) is 4.50. The number of H-pyrrole nitrogens is 1. The maximum absolute atomic E-state index is 12.6. The molecule has 1 aromatic heterocycles. The van der Waals surface area contributed by atoms with Gasteiger partial charge in [0.25, 0.3) is 0 Å². The van der Waals surface area contributed by atoms with E-state index in [1.165, 1.54) is 11.8 Å². The number of rotatable bonds is 8. The number of ether oxygens (including phenoxy) is 2. The highest BCUT2D eigenvalue weighted by Crippen LogP contribution is 2.27. The maximum atomic E-state index is 12.6. The number of nitrogens with one attached hydrogen (secondary N) is 2. The lowest BCUT2D eigenvalue weighted by molar-refractivity contribution is -0.115. The van der Waals surface area contributed by atoms with Crippen LogP contribution in [-0.4, -0.2) is 27.7 Å². The zero-order valence-electron chi connectivity index (χ0n) is 17.3. The molecule has 0 aliphatic heterocycles. The van der Waals surface area contributed by atoms with E-state index >= 15 is 0 Å². The zero-order valence-corrected chi connectivity index (χ0v) is 18.1. The van der Waals surface area contributed by atoms with Gasteiger partial charge in [0, 0.05) is 11.8 Å². The number of hydrogen-bond donors (Lipinski definition) is 2. The second-order valence-corrected chi connectivity index (χ2v) is 8.17. The molecule has 0 aliphatic rings. The van der Waals surface area contributed by atoms with Crippen LogP contribution in [0.2, 0.25) is 0 Å².